The fourth-order valence-electron chi connectivity index (χ4n) is 2.69. The molecule has 0 radical (unpaired) electrons. The van der Waals surface area contributed by atoms with E-state index in [1.54, 1.807) is 23.1 Å². The van der Waals surface area contributed by atoms with Gasteiger partial charge < -0.3 is 9.64 Å². The smallest absolute Gasteiger partial charge is 0.316 e. The molecule has 1 atom stereocenters. The van der Waals surface area contributed by atoms with Gasteiger partial charge in [0.2, 0.25) is 5.91 Å². The van der Waals surface area contributed by atoms with Gasteiger partial charge in [0.15, 0.2) is 5.82 Å². The van der Waals surface area contributed by atoms with Crippen LogP contribution in [0.2, 0.25) is 0 Å². The summed E-state index contributed by atoms with van der Waals surface area (Å²) in [6, 6.07) is 6.34. The SMILES string of the molecule is O=C(Cc1ccccc1F)N1CCC[C@H](Oc2ncc(F)cn2)C1. The highest BCUT2D eigenvalue weighted by molar-refractivity contribution is 5.79. The van der Waals surface area contributed by atoms with E-state index in [-0.39, 0.29) is 30.3 Å². The third-order valence-corrected chi connectivity index (χ3v) is 3.90. The van der Waals surface area contributed by atoms with Crippen molar-refractivity contribution in [2.75, 3.05) is 13.1 Å². The molecule has 2 heterocycles. The van der Waals surface area contributed by atoms with Crippen LogP contribution < -0.4 is 4.74 Å². The second-order valence-corrected chi connectivity index (χ2v) is 5.67. The largest absolute Gasteiger partial charge is 0.458 e. The molecule has 24 heavy (non-hydrogen) atoms. The topological polar surface area (TPSA) is 55.3 Å². The van der Waals surface area contributed by atoms with E-state index in [0.29, 0.717) is 18.7 Å². The van der Waals surface area contributed by atoms with E-state index in [0.717, 1.165) is 25.2 Å². The molecule has 7 heteroatoms. The van der Waals surface area contributed by atoms with Gasteiger partial charge in [0.1, 0.15) is 11.9 Å². The molecule has 1 aliphatic heterocycles. The second-order valence-electron chi connectivity index (χ2n) is 5.67. The van der Waals surface area contributed by atoms with E-state index in [2.05, 4.69) is 9.97 Å². The number of carbonyl (C=O) groups excluding carboxylic acids is 1. The molecule has 1 aliphatic rings. The number of hydrogen-bond donors (Lipinski definition) is 0. The van der Waals surface area contributed by atoms with Gasteiger partial charge in [0, 0.05) is 6.54 Å². The summed E-state index contributed by atoms with van der Waals surface area (Å²) in [4.78, 5) is 21.6. The van der Waals surface area contributed by atoms with Crippen LogP contribution in [0.25, 0.3) is 0 Å². The van der Waals surface area contributed by atoms with Crippen LogP contribution in [0.3, 0.4) is 0 Å². The molecule has 0 N–H and O–H groups in total. The van der Waals surface area contributed by atoms with Gasteiger partial charge in [-0.1, -0.05) is 18.2 Å². The average molecular weight is 333 g/mol. The Kier molecular flexibility index (Phi) is 4.98. The fraction of sp³-hybridized carbons (Fsp3) is 0.353. The first kappa shape index (κ1) is 16.3. The van der Waals surface area contributed by atoms with Crippen molar-refractivity contribution in [2.45, 2.75) is 25.4 Å². The maximum Gasteiger partial charge on any atom is 0.316 e. The van der Waals surface area contributed by atoms with Gasteiger partial charge in [0.25, 0.3) is 0 Å². The molecule has 1 amide bonds. The zero-order valence-corrected chi connectivity index (χ0v) is 13.0. The number of aromatic nitrogens is 2. The monoisotopic (exact) mass is 333 g/mol. The van der Waals surface area contributed by atoms with E-state index >= 15 is 0 Å². The lowest BCUT2D eigenvalue weighted by Crippen LogP contribution is -2.45. The summed E-state index contributed by atoms with van der Waals surface area (Å²) in [7, 11) is 0. The summed E-state index contributed by atoms with van der Waals surface area (Å²) in [5.41, 5.74) is 0.382. The van der Waals surface area contributed by atoms with Crippen molar-refractivity contribution in [3.8, 4) is 6.01 Å². The Morgan fingerprint density at radius 2 is 2.00 bits per heavy atom. The first-order chi connectivity index (χ1) is 11.6. The maximum atomic E-state index is 13.7. The lowest BCUT2D eigenvalue weighted by molar-refractivity contribution is -0.133. The Bertz CT molecular complexity index is 709. The van der Waals surface area contributed by atoms with Crippen molar-refractivity contribution >= 4 is 5.91 Å². The molecule has 0 bridgehead atoms. The summed E-state index contributed by atoms with van der Waals surface area (Å²) < 4.78 is 32.1. The third-order valence-electron chi connectivity index (χ3n) is 3.90. The number of amides is 1. The van der Waals surface area contributed by atoms with Gasteiger partial charge in [-0.3, -0.25) is 4.79 Å². The van der Waals surface area contributed by atoms with Crippen molar-refractivity contribution < 1.29 is 18.3 Å². The number of nitrogens with zero attached hydrogens (tertiary/aromatic N) is 3. The highest BCUT2D eigenvalue weighted by Crippen LogP contribution is 2.17. The maximum absolute atomic E-state index is 13.7. The van der Waals surface area contributed by atoms with E-state index in [4.69, 9.17) is 4.74 Å². The molecule has 0 saturated carbocycles. The van der Waals surface area contributed by atoms with E-state index in [9.17, 15) is 13.6 Å². The van der Waals surface area contributed by atoms with Crippen LogP contribution in [0, 0.1) is 11.6 Å². The number of likely N-dealkylation sites (tertiary alicyclic amines) is 1. The number of ether oxygens (including phenoxy) is 1. The molecule has 5 nitrogen and oxygen atoms in total. The standard InChI is InChI=1S/C17H17F2N3O2/c18-13-9-20-17(21-10-13)24-14-5-3-7-22(11-14)16(23)8-12-4-1-2-6-15(12)19/h1-2,4,6,9-10,14H,3,5,7-8,11H2/t14-/m0/s1. The first-order valence-electron chi connectivity index (χ1n) is 7.77. The number of hydrogen-bond acceptors (Lipinski definition) is 4. The van der Waals surface area contributed by atoms with Crippen LogP contribution in [0.15, 0.2) is 36.7 Å². The summed E-state index contributed by atoms with van der Waals surface area (Å²) in [6.07, 6.45) is 3.36. The Morgan fingerprint density at radius 3 is 2.75 bits per heavy atom. The molecular formula is C17H17F2N3O2. The van der Waals surface area contributed by atoms with Gasteiger partial charge in [-0.2, -0.15) is 0 Å². The minimum Gasteiger partial charge on any atom is -0.458 e. The number of rotatable bonds is 4. The minimum atomic E-state index is -0.535. The van der Waals surface area contributed by atoms with Crippen molar-refractivity contribution in [1.82, 2.24) is 14.9 Å². The highest BCUT2D eigenvalue weighted by Gasteiger charge is 2.26. The molecule has 1 fully saturated rings. The number of piperidine rings is 1. The quantitative estimate of drug-likeness (QED) is 0.862. The normalized spacial score (nSPS) is 17.6. The lowest BCUT2D eigenvalue weighted by Gasteiger charge is -2.32. The van der Waals surface area contributed by atoms with E-state index in [1.807, 2.05) is 0 Å². The molecule has 1 aromatic carbocycles. The zero-order chi connectivity index (χ0) is 16.9. The van der Waals surface area contributed by atoms with Crippen molar-refractivity contribution in [1.29, 1.82) is 0 Å². The second kappa shape index (κ2) is 7.33. The molecular weight excluding hydrogens is 316 g/mol. The van der Waals surface area contributed by atoms with Crippen molar-refractivity contribution in [3.63, 3.8) is 0 Å². The van der Waals surface area contributed by atoms with E-state index < -0.39 is 5.82 Å². The molecule has 0 unspecified atom stereocenters. The fourth-order valence-corrected chi connectivity index (χ4v) is 2.69. The van der Waals surface area contributed by atoms with Crippen LogP contribution in [0.5, 0.6) is 6.01 Å². The lowest BCUT2D eigenvalue weighted by atomic mass is 10.1. The summed E-state index contributed by atoms with van der Waals surface area (Å²) in [5, 5.41) is 0. The molecule has 1 aromatic heterocycles. The molecule has 0 aliphatic carbocycles. The molecule has 2 aromatic rings. The van der Waals surface area contributed by atoms with Crippen molar-refractivity contribution in [3.05, 3.63) is 53.9 Å². The highest BCUT2D eigenvalue weighted by atomic mass is 19.1. The Labute approximate surface area is 138 Å². The van der Waals surface area contributed by atoms with Gasteiger partial charge in [-0.25, -0.2) is 18.7 Å². The number of benzene rings is 1. The van der Waals surface area contributed by atoms with E-state index in [1.165, 1.54) is 6.07 Å². The summed E-state index contributed by atoms with van der Waals surface area (Å²) >= 11 is 0. The van der Waals surface area contributed by atoms with Crippen LogP contribution >= 0.6 is 0 Å². The predicted molar refractivity (Wildman–Crippen MR) is 82.3 cm³/mol. The number of carbonyl (C=O) groups is 1. The first-order valence-corrected chi connectivity index (χ1v) is 7.77. The Morgan fingerprint density at radius 1 is 1.25 bits per heavy atom. The van der Waals surface area contributed by atoms with Gasteiger partial charge in [-0.15, -0.1) is 0 Å². The molecule has 126 valence electrons. The Balaban J connectivity index is 1.59. The summed E-state index contributed by atoms with van der Waals surface area (Å²) in [5.74, 6) is -1.06. The molecule has 0 spiro atoms. The minimum absolute atomic E-state index is 0.0203. The predicted octanol–water partition coefficient (Wildman–Crippen LogP) is 2.37. The van der Waals surface area contributed by atoms with Crippen molar-refractivity contribution in [2.24, 2.45) is 0 Å². The number of halogens is 2. The van der Waals surface area contributed by atoms with Gasteiger partial charge in [0.05, 0.1) is 25.4 Å². The Hall–Kier alpha value is -2.57. The molecule has 1 saturated heterocycles. The van der Waals surface area contributed by atoms with Gasteiger partial charge in [-0.05, 0) is 24.5 Å². The van der Waals surface area contributed by atoms with Crippen LogP contribution in [-0.4, -0.2) is 40.0 Å². The van der Waals surface area contributed by atoms with Crippen LogP contribution in [0.4, 0.5) is 8.78 Å². The van der Waals surface area contributed by atoms with Crippen LogP contribution in [-0.2, 0) is 11.2 Å². The van der Waals surface area contributed by atoms with Crippen LogP contribution in [0.1, 0.15) is 18.4 Å². The zero-order valence-electron chi connectivity index (χ0n) is 13.0. The summed E-state index contributed by atoms with van der Waals surface area (Å²) in [6.45, 7) is 0.992. The molecule has 3 rings (SSSR count). The third kappa shape index (κ3) is 4.04. The average Bonchev–Trinajstić information content (AvgIpc) is 2.59. The van der Waals surface area contributed by atoms with Gasteiger partial charge >= 0.3 is 6.01 Å².